The summed E-state index contributed by atoms with van der Waals surface area (Å²) in [4.78, 5) is 14.9. The smallest absolute Gasteiger partial charge is 0.165 e. The number of Topliss-reactive ketones (excluding diaryl/α,β-unsaturated/α-hetero) is 1. The summed E-state index contributed by atoms with van der Waals surface area (Å²) in [6, 6.07) is 1.46. The normalized spacial score (nSPS) is 8.93. The lowest BCUT2D eigenvalue weighted by molar-refractivity contribution is 0.0988. The Morgan fingerprint density at radius 2 is 2.00 bits per heavy atom. The second kappa shape index (κ2) is 6.80. The van der Waals surface area contributed by atoms with Gasteiger partial charge in [0, 0.05) is 12.6 Å². The molecule has 0 saturated carbocycles. The van der Waals surface area contributed by atoms with Gasteiger partial charge in [-0.25, -0.2) is 4.98 Å². The van der Waals surface area contributed by atoms with E-state index >= 15 is 0 Å². The Morgan fingerprint density at radius 3 is 2.43 bits per heavy atom. The summed E-state index contributed by atoms with van der Waals surface area (Å²) in [5, 5.41) is 0.662. The largest absolute Gasteiger partial charge is 0.294 e. The number of halogens is 2. The Balaban J connectivity index is 0.000000791. The van der Waals surface area contributed by atoms with E-state index < -0.39 is 0 Å². The van der Waals surface area contributed by atoms with Crippen molar-refractivity contribution >= 4 is 29.0 Å². The average Bonchev–Trinajstić information content (AvgIpc) is 2.20. The molecule has 2 nitrogen and oxygen atoms in total. The van der Waals surface area contributed by atoms with Crippen LogP contribution in [0.4, 0.5) is 0 Å². The number of rotatable bonds is 2. The fraction of sp³-hybridized carbons (Fsp3) is 0.400. The van der Waals surface area contributed by atoms with Crippen LogP contribution in [0.1, 0.15) is 37.6 Å². The number of hydrogen-bond donors (Lipinski definition) is 0. The number of hydrogen-bond acceptors (Lipinski definition) is 2. The molecule has 0 amide bonds. The molecule has 1 heterocycles. The van der Waals surface area contributed by atoms with E-state index in [2.05, 4.69) is 4.98 Å². The number of aromatic nitrogens is 1. The quantitative estimate of drug-likeness (QED) is 0.571. The molecule has 78 valence electrons. The molecule has 0 unspecified atom stereocenters. The summed E-state index contributed by atoms with van der Waals surface area (Å²) in [7, 11) is 0. The van der Waals surface area contributed by atoms with Crippen LogP contribution in [0.5, 0.6) is 0 Å². The molecule has 14 heavy (non-hydrogen) atoms. The molecule has 4 heteroatoms. The summed E-state index contributed by atoms with van der Waals surface area (Å²) in [6.45, 7) is 5.77. The first kappa shape index (κ1) is 13.4. The van der Waals surface area contributed by atoms with Crippen LogP contribution in [-0.4, -0.2) is 10.8 Å². The van der Waals surface area contributed by atoms with Gasteiger partial charge in [0.1, 0.15) is 5.15 Å². The zero-order valence-electron chi connectivity index (χ0n) is 8.47. The van der Waals surface area contributed by atoms with E-state index in [0.29, 0.717) is 22.2 Å². The first-order valence-electron chi connectivity index (χ1n) is 4.49. The summed E-state index contributed by atoms with van der Waals surface area (Å²) in [5.41, 5.74) is 0.434. The van der Waals surface area contributed by atoms with Crippen LogP contribution in [0.25, 0.3) is 0 Å². The predicted octanol–water partition coefficient (Wildman–Crippen LogP) is 4.01. The lowest BCUT2D eigenvalue weighted by atomic mass is 10.1. The first-order valence-corrected chi connectivity index (χ1v) is 5.25. The summed E-state index contributed by atoms with van der Waals surface area (Å²) < 4.78 is 0. The van der Waals surface area contributed by atoms with Gasteiger partial charge in [-0.1, -0.05) is 44.0 Å². The van der Waals surface area contributed by atoms with Gasteiger partial charge < -0.3 is 0 Å². The zero-order valence-corrected chi connectivity index (χ0v) is 9.99. The SMILES string of the molecule is CC.CCC(=O)c1cnc(Cl)cc1Cl. The molecular formula is C10H13Cl2NO. The molecule has 0 spiro atoms. The number of carbonyl (C=O) groups is 1. The van der Waals surface area contributed by atoms with E-state index in [1.54, 1.807) is 6.92 Å². The Labute approximate surface area is 94.2 Å². The lowest BCUT2D eigenvalue weighted by Crippen LogP contribution is -1.98. The molecule has 0 atom stereocenters. The van der Waals surface area contributed by atoms with E-state index in [-0.39, 0.29) is 5.78 Å². The van der Waals surface area contributed by atoms with Gasteiger partial charge in [-0.2, -0.15) is 0 Å². The van der Waals surface area contributed by atoms with Crippen molar-refractivity contribution in [3.8, 4) is 0 Å². The van der Waals surface area contributed by atoms with Crippen molar-refractivity contribution in [3.05, 3.63) is 28.0 Å². The van der Waals surface area contributed by atoms with E-state index in [1.165, 1.54) is 12.3 Å². The third kappa shape index (κ3) is 3.64. The molecule has 0 aliphatic rings. The molecule has 0 fully saturated rings. The van der Waals surface area contributed by atoms with Crippen molar-refractivity contribution in [2.75, 3.05) is 0 Å². The van der Waals surface area contributed by atoms with Crippen LogP contribution >= 0.6 is 23.2 Å². The molecular weight excluding hydrogens is 221 g/mol. The van der Waals surface area contributed by atoms with Gasteiger partial charge in [-0.15, -0.1) is 0 Å². The minimum absolute atomic E-state index is 0.0239. The van der Waals surface area contributed by atoms with Gasteiger partial charge >= 0.3 is 0 Å². The minimum Gasteiger partial charge on any atom is -0.294 e. The fourth-order valence-corrected chi connectivity index (χ4v) is 1.27. The molecule has 0 aliphatic heterocycles. The van der Waals surface area contributed by atoms with E-state index in [4.69, 9.17) is 23.2 Å². The van der Waals surface area contributed by atoms with Gasteiger partial charge in [0.2, 0.25) is 0 Å². The Kier molecular flexibility index (Phi) is 6.50. The van der Waals surface area contributed by atoms with Crippen LogP contribution in [0.15, 0.2) is 12.3 Å². The van der Waals surface area contributed by atoms with Gasteiger partial charge in [0.15, 0.2) is 5.78 Å². The van der Waals surface area contributed by atoms with Gasteiger partial charge in [0.05, 0.1) is 10.6 Å². The highest BCUT2D eigenvalue weighted by Crippen LogP contribution is 2.19. The lowest BCUT2D eigenvalue weighted by Gasteiger charge is -1.99. The van der Waals surface area contributed by atoms with E-state index in [9.17, 15) is 4.79 Å². The van der Waals surface area contributed by atoms with Crippen molar-refractivity contribution in [2.24, 2.45) is 0 Å². The first-order chi connectivity index (χ1) is 6.65. The van der Waals surface area contributed by atoms with Gasteiger partial charge in [-0.3, -0.25) is 4.79 Å². The van der Waals surface area contributed by atoms with Crippen molar-refractivity contribution in [3.63, 3.8) is 0 Å². The second-order valence-electron chi connectivity index (χ2n) is 2.26. The standard InChI is InChI=1S/C8H7Cl2NO.C2H6/c1-2-7(12)5-4-11-8(10)3-6(5)9;1-2/h3-4H,2H2,1H3;1-2H3. The van der Waals surface area contributed by atoms with Crippen molar-refractivity contribution < 1.29 is 4.79 Å². The Bertz CT molecular complexity index is 313. The van der Waals surface area contributed by atoms with Crippen LogP contribution in [0.3, 0.4) is 0 Å². The maximum atomic E-state index is 11.2. The summed E-state index contributed by atoms with van der Waals surface area (Å²) >= 11 is 11.3. The Morgan fingerprint density at radius 1 is 1.43 bits per heavy atom. The highest BCUT2D eigenvalue weighted by atomic mass is 35.5. The van der Waals surface area contributed by atoms with Crippen molar-refractivity contribution in [1.29, 1.82) is 0 Å². The predicted molar refractivity (Wildman–Crippen MR) is 60.2 cm³/mol. The van der Waals surface area contributed by atoms with Crippen LogP contribution < -0.4 is 0 Å². The van der Waals surface area contributed by atoms with E-state index in [1.807, 2.05) is 13.8 Å². The maximum Gasteiger partial charge on any atom is 0.165 e. The zero-order chi connectivity index (χ0) is 11.1. The van der Waals surface area contributed by atoms with Crippen LogP contribution in [-0.2, 0) is 0 Å². The number of carbonyl (C=O) groups excluding carboxylic acids is 1. The fourth-order valence-electron chi connectivity index (χ4n) is 0.803. The van der Waals surface area contributed by atoms with Crippen molar-refractivity contribution in [1.82, 2.24) is 4.98 Å². The highest BCUT2D eigenvalue weighted by molar-refractivity contribution is 6.36. The summed E-state index contributed by atoms with van der Waals surface area (Å²) in [6.07, 6.45) is 1.82. The number of nitrogens with zero attached hydrogens (tertiary/aromatic N) is 1. The van der Waals surface area contributed by atoms with Crippen LogP contribution in [0, 0.1) is 0 Å². The summed E-state index contributed by atoms with van der Waals surface area (Å²) in [5.74, 6) is -0.0239. The van der Waals surface area contributed by atoms with Gasteiger partial charge in [0.25, 0.3) is 0 Å². The molecule has 0 radical (unpaired) electrons. The molecule has 0 saturated heterocycles. The van der Waals surface area contributed by atoms with Gasteiger partial charge in [-0.05, 0) is 6.07 Å². The van der Waals surface area contributed by atoms with Crippen LogP contribution in [0.2, 0.25) is 10.2 Å². The Hall–Kier alpha value is -0.600. The van der Waals surface area contributed by atoms with Crippen molar-refractivity contribution in [2.45, 2.75) is 27.2 Å². The number of pyridine rings is 1. The number of ketones is 1. The molecule has 1 rings (SSSR count). The highest BCUT2D eigenvalue weighted by Gasteiger charge is 2.08. The molecule has 0 N–H and O–H groups in total. The average molecular weight is 234 g/mol. The maximum absolute atomic E-state index is 11.2. The molecule has 1 aromatic rings. The molecule has 0 aromatic carbocycles. The minimum atomic E-state index is -0.0239. The monoisotopic (exact) mass is 233 g/mol. The molecule has 0 bridgehead atoms. The third-order valence-electron chi connectivity index (χ3n) is 1.44. The molecule has 1 aromatic heterocycles. The topological polar surface area (TPSA) is 30.0 Å². The second-order valence-corrected chi connectivity index (χ2v) is 3.06. The molecule has 0 aliphatic carbocycles. The van der Waals surface area contributed by atoms with E-state index in [0.717, 1.165) is 0 Å². The third-order valence-corrected chi connectivity index (χ3v) is 1.96.